The molecule has 3 N–H and O–H groups in total. The smallest absolute Gasteiger partial charge is 0.0900 e. The van der Waals surface area contributed by atoms with E-state index in [0.717, 1.165) is 30.8 Å². The summed E-state index contributed by atoms with van der Waals surface area (Å²) in [6.45, 7) is 2.55. The molecule has 2 aliphatic rings. The molecule has 2 rings (SSSR count). The van der Waals surface area contributed by atoms with Crippen LogP contribution in [0.5, 0.6) is 0 Å². The minimum Gasteiger partial charge on any atom is -0.395 e. The van der Waals surface area contributed by atoms with Gasteiger partial charge in [-0.05, 0) is 43.4 Å². The van der Waals surface area contributed by atoms with Crippen LogP contribution in [0.4, 0.5) is 0 Å². The number of nitrogens with zero attached hydrogens (tertiary/aromatic N) is 1. The van der Waals surface area contributed by atoms with Crippen molar-refractivity contribution in [3.05, 3.63) is 0 Å². The Hall–Kier alpha value is -0.200. The van der Waals surface area contributed by atoms with Crippen LogP contribution in [0.25, 0.3) is 0 Å². The molecule has 0 heterocycles. The van der Waals surface area contributed by atoms with Crippen molar-refractivity contribution in [2.24, 2.45) is 17.8 Å². The number of hydrogen-bond donors (Lipinski definition) is 3. The van der Waals surface area contributed by atoms with Gasteiger partial charge in [-0.25, -0.2) is 0 Å². The lowest BCUT2D eigenvalue weighted by Gasteiger charge is -2.24. The SMILES string of the molecule is OCCN(CCO)C[C@@H](O)COCC[C@@H]1C[C@H]2CC[C@H]1C2. The first-order valence-electron chi connectivity index (χ1n) is 8.42. The molecule has 0 aromatic rings. The zero-order valence-corrected chi connectivity index (χ0v) is 13.0. The summed E-state index contributed by atoms with van der Waals surface area (Å²) < 4.78 is 5.62. The second kappa shape index (κ2) is 9.06. The lowest BCUT2D eigenvalue weighted by atomic mass is 9.87. The topological polar surface area (TPSA) is 73.2 Å². The molecule has 0 aliphatic heterocycles. The lowest BCUT2D eigenvalue weighted by molar-refractivity contribution is 0.00617. The maximum atomic E-state index is 9.94. The number of rotatable bonds is 11. The summed E-state index contributed by atoms with van der Waals surface area (Å²) in [7, 11) is 0. The van der Waals surface area contributed by atoms with Crippen LogP contribution in [0.1, 0.15) is 32.1 Å². The monoisotopic (exact) mass is 301 g/mol. The molecule has 0 unspecified atom stereocenters. The van der Waals surface area contributed by atoms with Crippen molar-refractivity contribution in [2.45, 2.75) is 38.2 Å². The van der Waals surface area contributed by atoms with E-state index in [1.807, 2.05) is 4.90 Å². The third-order valence-corrected chi connectivity index (χ3v) is 5.13. The summed E-state index contributed by atoms with van der Waals surface area (Å²) in [5.41, 5.74) is 0. The Balaban J connectivity index is 1.53. The standard InChI is InChI=1S/C16H31NO4/c18-6-4-17(5-7-19)11-16(20)12-21-8-3-15-10-13-1-2-14(15)9-13/h13-16,18-20H,1-12H2/t13-,14-,15+,16+/m0/s1. The molecule has 2 saturated carbocycles. The van der Waals surface area contributed by atoms with Crippen molar-refractivity contribution in [3.63, 3.8) is 0 Å². The first-order chi connectivity index (χ1) is 10.2. The van der Waals surface area contributed by atoms with Gasteiger partial charge in [0.1, 0.15) is 0 Å². The van der Waals surface area contributed by atoms with Crippen molar-refractivity contribution in [1.82, 2.24) is 4.90 Å². The maximum Gasteiger partial charge on any atom is 0.0900 e. The highest BCUT2D eigenvalue weighted by atomic mass is 16.5. The summed E-state index contributed by atoms with van der Waals surface area (Å²) in [5.74, 6) is 2.77. The molecule has 2 aliphatic carbocycles. The molecule has 0 saturated heterocycles. The van der Waals surface area contributed by atoms with Gasteiger partial charge in [0, 0.05) is 26.2 Å². The van der Waals surface area contributed by atoms with E-state index >= 15 is 0 Å². The summed E-state index contributed by atoms with van der Waals surface area (Å²) in [6.07, 6.45) is 6.25. The Morgan fingerprint density at radius 2 is 1.86 bits per heavy atom. The fourth-order valence-corrected chi connectivity index (χ4v) is 4.11. The zero-order chi connectivity index (χ0) is 15.1. The number of hydrogen-bond acceptors (Lipinski definition) is 5. The molecular formula is C16H31NO4. The van der Waals surface area contributed by atoms with Crippen LogP contribution in [0.3, 0.4) is 0 Å². The maximum absolute atomic E-state index is 9.94. The van der Waals surface area contributed by atoms with E-state index in [4.69, 9.17) is 14.9 Å². The molecule has 0 aromatic heterocycles. The van der Waals surface area contributed by atoms with Gasteiger partial charge in [0.15, 0.2) is 0 Å². The van der Waals surface area contributed by atoms with E-state index in [9.17, 15) is 5.11 Å². The molecule has 5 nitrogen and oxygen atoms in total. The van der Waals surface area contributed by atoms with Crippen LogP contribution < -0.4 is 0 Å². The van der Waals surface area contributed by atoms with Gasteiger partial charge in [-0.15, -0.1) is 0 Å². The Kier molecular flexibility index (Phi) is 7.40. The van der Waals surface area contributed by atoms with Crippen molar-refractivity contribution >= 4 is 0 Å². The minimum atomic E-state index is -0.553. The molecule has 0 radical (unpaired) electrons. The largest absolute Gasteiger partial charge is 0.395 e. The van der Waals surface area contributed by atoms with E-state index in [1.54, 1.807) is 0 Å². The van der Waals surface area contributed by atoms with Crippen LogP contribution in [-0.2, 0) is 4.74 Å². The van der Waals surface area contributed by atoms with E-state index in [0.29, 0.717) is 26.2 Å². The second-order valence-corrected chi connectivity index (χ2v) is 6.70. The van der Waals surface area contributed by atoms with Crippen molar-refractivity contribution in [3.8, 4) is 0 Å². The Morgan fingerprint density at radius 1 is 1.10 bits per heavy atom. The Labute approximate surface area is 127 Å². The fraction of sp³-hybridized carbons (Fsp3) is 1.00. The van der Waals surface area contributed by atoms with Gasteiger partial charge in [-0.2, -0.15) is 0 Å². The van der Waals surface area contributed by atoms with Crippen molar-refractivity contribution in [1.29, 1.82) is 0 Å². The Bertz CT molecular complexity index is 283. The fourth-order valence-electron chi connectivity index (χ4n) is 4.11. The van der Waals surface area contributed by atoms with Crippen molar-refractivity contribution in [2.75, 3.05) is 46.1 Å². The predicted octanol–water partition coefficient (Wildman–Crippen LogP) is 0.477. The van der Waals surface area contributed by atoms with Gasteiger partial charge in [0.2, 0.25) is 0 Å². The van der Waals surface area contributed by atoms with E-state index in [-0.39, 0.29) is 13.2 Å². The molecule has 5 heteroatoms. The normalized spacial score (nSPS) is 29.4. The van der Waals surface area contributed by atoms with Crippen LogP contribution in [0, 0.1) is 17.8 Å². The lowest BCUT2D eigenvalue weighted by Crippen LogP contribution is -2.38. The third kappa shape index (κ3) is 5.49. The van der Waals surface area contributed by atoms with Crippen LogP contribution in [-0.4, -0.2) is 72.4 Å². The highest BCUT2D eigenvalue weighted by Gasteiger charge is 2.38. The first-order valence-corrected chi connectivity index (χ1v) is 8.42. The van der Waals surface area contributed by atoms with Gasteiger partial charge in [0.25, 0.3) is 0 Å². The van der Waals surface area contributed by atoms with Gasteiger partial charge in [0.05, 0.1) is 25.9 Å². The molecule has 21 heavy (non-hydrogen) atoms. The van der Waals surface area contributed by atoms with E-state index in [1.165, 1.54) is 25.7 Å². The first kappa shape index (κ1) is 17.2. The van der Waals surface area contributed by atoms with Gasteiger partial charge in [-0.1, -0.05) is 6.42 Å². The van der Waals surface area contributed by atoms with Crippen LogP contribution in [0.2, 0.25) is 0 Å². The Morgan fingerprint density at radius 3 is 2.43 bits per heavy atom. The highest BCUT2D eigenvalue weighted by Crippen LogP contribution is 2.49. The molecule has 0 aromatic carbocycles. The summed E-state index contributed by atoms with van der Waals surface area (Å²) in [5, 5.41) is 27.8. The predicted molar refractivity (Wildman–Crippen MR) is 81.0 cm³/mol. The van der Waals surface area contributed by atoms with E-state index < -0.39 is 6.10 Å². The number of aliphatic hydroxyl groups excluding tert-OH is 3. The molecule has 2 bridgehead atoms. The summed E-state index contributed by atoms with van der Waals surface area (Å²) >= 11 is 0. The zero-order valence-electron chi connectivity index (χ0n) is 13.0. The number of ether oxygens (including phenoxy) is 1. The highest BCUT2D eigenvalue weighted by molar-refractivity contribution is 4.89. The molecule has 4 atom stereocenters. The van der Waals surface area contributed by atoms with E-state index in [2.05, 4.69) is 0 Å². The second-order valence-electron chi connectivity index (χ2n) is 6.70. The minimum absolute atomic E-state index is 0.0395. The average Bonchev–Trinajstić information content (AvgIpc) is 3.06. The number of fused-ring (bicyclic) bond motifs is 2. The quantitative estimate of drug-likeness (QED) is 0.484. The summed E-state index contributed by atoms with van der Waals surface area (Å²) in [6, 6.07) is 0. The van der Waals surface area contributed by atoms with Crippen LogP contribution >= 0.6 is 0 Å². The van der Waals surface area contributed by atoms with Crippen LogP contribution in [0.15, 0.2) is 0 Å². The number of aliphatic hydroxyl groups is 3. The third-order valence-electron chi connectivity index (χ3n) is 5.13. The van der Waals surface area contributed by atoms with Gasteiger partial charge < -0.3 is 20.1 Å². The molecular weight excluding hydrogens is 270 g/mol. The van der Waals surface area contributed by atoms with Gasteiger partial charge >= 0.3 is 0 Å². The van der Waals surface area contributed by atoms with Gasteiger partial charge in [-0.3, -0.25) is 4.90 Å². The molecule has 0 amide bonds. The van der Waals surface area contributed by atoms with Crippen molar-refractivity contribution < 1.29 is 20.1 Å². The average molecular weight is 301 g/mol. The molecule has 0 spiro atoms. The molecule has 2 fully saturated rings. The summed E-state index contributed by atoms with van der Waals surface area (Å²) in [4.78, 5) is 1.85. The molecule has 124 valence electrons.